The van der Waals surface area contributed by atoms with Crippen molar-refractivity contribution in [2.45, 2.75) is 31.9 Å². The number of aryl methyl sites for hydroxylation is 1. The minimum absolute atomic E-state index is 0.122. The molecule has 3 heterocycles. The number of hydrogen-bond donors (Lipinski definition) is 3. The summed E-state index contributed by atoms with van der Waals surface area (Å²) in [5.41, 5.74) is 0.285. The van der Waals surface area contributed by atoms with Crippen LogP contribution < -0.4 is 15.6 Å². The zero-order valence-electron chi connectivity index (χ0n) is 16.7. The van der Waals surface area contributed by atoms with Gasteiger partial charge in [0.25, 0.3) is 11.5 Å². The summed E-state index contributed by atoms with van der Waals surface area (Å²) in [6.45, 7) is 2.96. The molecule has 0 saturated carbocycles. The minimum Gasteiger partial charge on any atom is -0.489 e. The van der Waals surface area contributed by atoms with Crippen LogP contribution >= 0.6 is 11.3 Å². The number of carbonyl (C=O) groups excluding carboxylic acids is 1. The molecule has 2 aromatic heterocycles. The van der Waals surface area contributed by atoms with Gasteiger partial charge in [0.2, 0.25) is 0 Å². The fourth-order valence-electron chi connectivity index (χ4n) is 3.69. The topological polar surface area (TPSA) is 101 Å². The Balaban J connectivity index is 1.59. The number of rotatable bonds is 6. The van der Waals surface area contributed by atoms with Crippen LogP contribution in [0.15, 0.2) is 41.3 Å². The third-order valence-corrected chi connectivity index (χ3v) is 6.57. The van der Waals surface area contributed by atoms with Gasteiger partial charge < -0.3 is 24.9 Å². The molecule has 3 aromatic rings. The molecule has 1 fully saturated rings. The molecule has 7 nitrogen and oxygen atoms in total. The zero-order chi connectivity index (χ0) is 21.1. The maximum atomic E-state index is 13.2. The first-order valence-corrected chi connectivity index (χ1v) is 10.7. The molecule has 158 valence electrons. The second-order valence-electron chi connectivity index (χ2n) is 7.51. The summed E-state index contributed by atoms with van der Waals surface area (Å²) in [7, 11) is 0. The van der Waals surface area contributed by atoms with Gasteiger partial charge in [0, 0.05) is 34.4 Å². The van der Waals surface area contributed by atoms with Crippen molar-refractivity contribution in [3.05, 3.63) is 62.9 Å². The summed E-state index contributed by atoms with van der Waals surface area (Å²) in [5.74, 6) is 0.381. The molecular weight excluding hydrogens is 404 g/mol. The molecule has 0 unspecified atom stereocenters. The molecule has 1 aliphatic rings. The van der Waals surface area contributed by atoms with Crippen molar-refractivity contribution in [1.82, 2.24) is 10.3 Å². The molecule has 1 aliphatic heterocycles. The molecule has 1 aromatic carbocycles. The van der Waals surface area contributed by atoms with Crippen molar-refractivity contribution >= 4 is 27.3 Å². The number of amides is 1. The SMILES string of the molecule is Cc1sc2ccc(OCc3ccc[nH]c3=O)cc2c1C(=O)NC1(CO)CCOCC1. The molecule has 4 rings (SSSR count). The van der Waals surface area contributed by atoms with E-state index in [9.17, 15) is 14.7 Å². The van der Waals surface area contributed by atoms with Crippen LogP contribution in [0.2, 0.25) is 0 Å². The molecule has 0 atom stereocenters. The van der Waals surface area contributed by atoms with Crippen LogP contribution in [0.5, 0.6) is 5.75 Å². The van der Waals surface area contributed by atoms with Crippen molar-refractivity contribution in [3.8, 4) is 5.75 Å². The highest BCUT2D eigenvalue weighted by molar-refractivity contribution is 7.19. The number of aromatic nitrogens is 1. The smallest absolute Gasteiger partial charge is 0.254 e. The van der Waals surface area contributed by atoms with Crippen LogP contribution in [0.25, 0.3) is 10.1 Å². The summed E-state index contributed by atoms with van der Waals surface area (Å²) in [4.78, 5) is 28.5. The van der Waals surface area contributed by atoms with Gasteiger partial charge >= 0.3 is 0 Å². The van der Waals surface area contributed by atoms with Gasteiger partial charge in [-0.3, -0.25) is 9.59 Å². The van der Waals surface area contributed by atoms with E-state index in [0.717, 1.165) is 15.0 Å². The Hall–Kier alpha value is -2.68. The van der Waals surface area contributed by atoms with Gasteiger partial charge in [-0.05, 0) is 50.1 Å². The van der Waals surface area contributed by atoms with Crippen LogP contribution in [0.1, 0.15) is 33.6 Å². The van der Waals surface area contributed by atoms with E-state index in [-0.39, 0.29) is 24.7 Å². The minimum atomic E-state index is -0.654. The fraction of sp³-hybridized carbons (Fsp3) is 0.364. The number of carbonyl (C=O) groups is 1. The number of thiophene rings is 1. The van der Waals surface area contributed by atoms with Gasteiger partial charge in [-0.15, -0.1) is 11.3 Å². The van der Waals surface area contributed by atoms with Gasteiger partial charge in [-0.2, -0.15) is 0 Å². The molecular formula is C22H24N2O5S. The van der Waals surface area contributed by atoms with Crippen LogP contribution in [-0.4, -0.2) is 41.4 Å². The largest absolute Gasteiger partial charge is 0.489 e. The molecule has 8 heteroatoms. The van der Waals surface area contributed by atoms with E-state index >= 15 is 0 Å². The highest BCUT2D eigenvalue weighted by Gasteiger charge is 2.34. The number of hydrogen-bond acceptors (Lipinski definition) is 6. The molecule has 0 radical (unpaired) electrons. The first-order chi connectivity index (χ1) is 14.5. The summed E-state index contributed by atoms with van der Waals surface area (Å²) < 4.78 is 12.2. The lowest BCUT2D eigenvalue weighted by molar-refractivity contribution is 0.0126. The number of H-pyrrole nitrogens is 1. The van der Waals surface area contributed by atoms with E-state index in [1.165, 1.54) is 0 Å². The number of aliphatic hydroxyl groups excluding tert-OH is 1. The normalized spacial score (nSPS) is 15.8. The van der Waals surface area contributed by atoms with E-state index in [1.807, 2.05) is 25.1 Å². The lowest BCUT2D eigenvalue weighted by atomic mass is 9.90. The second-order valence-corrected chi connectivity index (χ2v) is 8.77. The molecule has 0 spiro atoms. The Morgan fingerprint density at radius 3 is 2.87 bits per heavy atom. The van der Waals surface area contributed by atoms with Gasteiger partial charge in [0.1, 0.15) is 12.4 Å². The van der Waals surface area contributed by atoms with Crippen LogP contribution in [-0.2, 0) is 11.3 Å². The van der Waals surface area contributed by atoms with E-state index in [0.29, 0.717) is 42.9 Å². The Kier molecular flexibility index (Phi) is 5.90. The lowest BCUT2D eigenvalue weighted by Crippen LogP contribution is -2.54. The summed E-state index contributed by atoms with van der Waals surface area (Å²) in [6.07, 6.45) is 2.74. The number of aliphatic hydroxyl groups is 1. The monoisotopic (exact) mass is 428 g/mol. The zero-order valence-corrected chi connectivity index (χ0v) is 17.5. The lowest BCUT2D eigenvalue weighted by Gasteiger charge is -2.36. The number of pyridine rings is 1. The van der Waals surface area contributed by atoms with Gasteiger partial charge in [-0.25, -0.2) is 0 Å². The fourth-order valence-corrected chi connectivity index (χ4v) is 4.73. The predicted octanol–water partition coefficient (Wildman–Crippen LogP) is 2.75. The quantitative estimate of drug-likeness (QED) is 0.561. The van der Waals surface area contributed by atoms with E-state index in [1.54, 1.807) is 29.7 Å². The molecule has 30 heavy (non-hydrogen) atoms. The summed E-state index contributed by atoms with van der Waals surface area (Å²) in [6, 6.07) is 9.06. The first kappa shape index (κ1) is 20.6. The number of ether oxygens (including phenoxy) is 2. The van der Waals surface area contributed by atoms with Crippen LogP contribution in [0.4, 0.5) is 0 Å². The third kappa shape index (κ3) is 4.12. The summed E-state index contributed by atoms with van der Waals surface area (Å²) in [5, 5.41) is 13.8. The van der Waals surface area contributed by atoms with Crippen LogP contribution in [0.3, 0.4) is 0 Å². The number of aromatic amines is 1. The van der Waals surface area contributed by atoms with Crippen molar-refractivity contribution in [2.24, 2.45) is 0 Å². The van der Waals surface area contributed by atoms with Crippen molar-refractivity contribution in [2.75, 3.05) is 19.8 Å². The van der Waals surface area contributed by atoms with Gasteiger partial charge in [-0.1, -0.05) is 0 Å². The van der Waals surface area contributed by atoms with E-state index in [2.05, 4.69) is 10.3 Å². The van der Waals surface area contributed by atoms with Gasteiger partial charge in [0.15, 0.2) is 0 Å². The number of fused-ring (bicyclic) bond motifs is 1. The molecule has 1 amide bonds. The third-order valence-electron chi connectivity index (χ3n) is 5.49. The van der Waals surface area contributed by atoms with Crippen molar-refractivity contribution in [3.63, 3.8) is 0 Å². The average Bonchev–Trinajstić information content (AvgIpc) is 3.09. The van der Waals surface area contributed by atoms with Crippen molar-refractivity contribution in [1.29, 1.82) is 0 Å². The Labute approximate surface area is 177 Å². The van der Waals surface area contributed by atoms with Crippen molar-refractivity contribution < 1.29 is 19.4 Å². The maximum absolute atomic E-state index is 13.2. The molecule has 0 aliphatic carbocycles. The predicted molar refractivity (Wildman–Crippen MR) is 115 cm³/mol. The standard InChI is InChI=1S/C22H24N2O5S/c1-14-19(21(27)24-22(13-25)6-9-28-10-7-22)17-11-16(4-5-18(17)30-14)29-12-15-3-2-8-23-20(15)26/h2-5,8,11,25H,6-7,9-10,12-13H2,1H3,(H,23,26)(H,24,27). The Bertz CT molecular complexity index is 1110. The van der Waals surface area contributed by atoms with Crippen LogP contribution in [0, 0.1) is 6.92 Å². The van der Waals surface area contributed by atoms with Gasteiger partial charge in [0.05, 0.1) is 23.3 Å². The maximum Gasteiger partial charge on any atom is 0.254 e. The molecule has 3 N–H and O–H groups in total. The first-order valence-electron chi connectivity index (χ1n) is 9.85. The van der Waals surface area contributed by atoms with E-state index < -0.39 is 5.54 Å². The summed E-state index contributed by atoms with van der Waals surface area (Å²) >= 11 is 1.54. The number of nitrogens with one attached hydrogen (secondary N) is 2. The average molecular weight is 429 g/mol. The molecule has 0 bridgehead atoms. The number of benzene rings is 1. The Morgan fingerprint density at radius 1 is 1.33 bits per heavy atom. The molecule has 1 saturated heterocycles. The highest BCUT2D eigenvalue weighted by atomic mass is 32.1. The second kappa shape index (κ2) is 8.59. The Morgan fingerprint density at radius 2 is 2.13 bits per heavy atom. The van der Waals surface area contributed by atoms with E-state index in [4.69, 9.17) is 9.47 Å². The highest BCUT2D eigenvalue weighted by Crippen LogP contribution is 2.34.